The van der Waals surface area contributed by atoms with Crippen molar-refractivity contribution in [1.82, 2.24) is 0 Å². The Morgan fingerprint density at radius 2 is 1.72 bits per heavy atom. The van der Waals surface area contributed by atoms with Crippen LogP contribution >= 0.6 is 39.9 Å². The molecule has 0 unspecified atom stereocenters. The molecule has 4 nitrogen and oxygen atoms in total. The number of hydrogen-bond acceptors (Lipinski definition) is 4. The fraction of sp³-hybridized carbons (Fsp3) is 0.227. The lowest BCUT2D eigenvalue weighted by atomic mass is 10.1. The van der Waals surface area contributed by atoms with Crippen LogP contribution in [-0.4, -0.2) is 22.7 Å². The summed E-state index contributed by atoms with van der Waals surface area (Å²) in [6, 6.07) is 15.1. The number of benzene rings is 2. The smallest absolute Gasteiger partial charge is 0.271 e. The van der Waals surface area contributed by atoms with Gasteiger partial charge in [-0.15, -0.1) is 0 Å². The van der Waals surface area contributed by atoms with Gasteiger partial charge in [-0.05, 0) is 36.8 Å². The number of hydrogen-bond donors (Lipinski definition) is 0. The Balaban J connectivity index is 1.74. The summed E-state index contributed by atoms with van der Waals surface area (Å²) in [5.74, 6) is -0.352. The van der Waals surface area contributed by atoms with Crippen molar-refractivity contribution in [3.63, 3.8) is 0 Å². The van der Waals surface area contributed by atoms with E-state index in [-0.39, 0.29) is 11.8 Å². The third-order valence-electron chi connectivity index (χ3n) is 4.99. The highest BCUT2D eigenvalue weighted by Gasteiger charge is 2.42. The Morgan fingerprint density at radius 1 is 1.00 bits per heavy atom. The molecule has 0 radical (unpaired) electrons. The summed E-state index contributed by atoms with van der Waals surface area (Å²) in [5, 5.41) is 0. The molecule has 0 saturated carbocycles. The van der Waals surface area contributed by atoms with Crippen molar-refractivity contribution in [1.29, 1.82) is 0 Å². The van der Waals surface area contributed by atoms with E-state index in [1.54, 1.807) is 4.90 Å². The van der Waals surface area contributed by atoms with Gasteiger partial charge in [-0.2, -0.15) is 0 Å². The molecule has 29 heavy (non-hydrogen) atoms. The van der Waals surface area contributed by atoms with Gasteiger partial charge in [0, 0.05) is 16.6 Å². The molecule has 1 saturated heterocycles. The molecule has 0 spiro atoms. The zero-order chi connectivity index (χ0) is 20.5. The Labute approximate surface area is 188 Å². The molecule has 1 fully saturated rings. The molecule has 2 heterocycles. The Bertz CT molecular complexity index is 1030. The Morgan fingerprint density at radius 3 is 2.45 bits per heavy atom. The van der Waals surface area contributed by atoms with Crippen molar-refractivity contribution >= 4 is 73.0 Å². The number of fused-ring (bicyclic) bond motifs is 1. The second-order valence-electron chi connectivity index (χ2n) is 6.87. The molecule has 2 aromatic rings. The molecule has 2 amide bonds. The first-order chi connectivity index (χ1) is 14.0. The predicted molar refractivity (Wildman–Crippen MR) is 127 cm³/mol. The number of halogens is 1. The molecule has 2 aromatic carbocycles. The van der Waals surface area contributed by atoms with E-state index in [0.717, 1.165) is 35.0 Å². The zero-order valence-electron chi connectivity index (χ0n) is 15.9. The average molecular weight is 487 g/mol. The molecule has 4 rings (SSSR count). The van der Waals surface area contributed by atoms with E-state index in [0.29, 0.717) is 27.0 Å². The van der Waals surface area contributed by atoms with Crippen molar-refractivity contribution in [2.24, 2.45) is 0 Å². The van der Waals surface area contributed by atoms with Crippen molar-refractivity contribution < 1.29 is 9.59 Å². The summed E-state index contributed by atoms with van der Waals surface area (Å²) in [4.78, 5) is 30.3. The summed E-state index contributed by atoms with van der Waals surface area (Å²) in [6.45, 7) is 2.79. The lowest BCUT2D eigenvalue weighted by Crippen LogP contribution is -2.29. The molecule has 148 valence electrons. The molecular formula is C22H19BrN2O2S2. The molecule has 2 aliphatic heterocycles. The van der Waals surface area contributed by atoms with Gasteiger partial charge in [0.25, 0.3) is 11.8 Å². The minimum absolute atomic E-state index is 0.112. The van der Waals surface area contributed by atoms with Crippen LogP contribution in [0.2, 0.25) is 0 Å². The van der Waals surface area contributed by atoms with E-state index in [1.807, 2.05) is 48.5 Å². The lowest BCUT2D eigenvalue weighted by molar-refractivity contribution is -0.115. The number of para-hydroxylation sites is 1. The number of thiocarbonyl (C=S) groups is 1. The topological polar surface area (TPSA) is 40.6 Å². The fourth-order valence-electron chi connectivity index (χ4n) is 3.57. The molecule has 0 bridgehead atoms. The highest BCUT2D eigenvalue weighted by Crippen LogP contribution is 2.45. The highest BCUT2D eigenvalue weighted by atomic mass is 79.9. The SMILES string of the molecule is CCCCCN1C(=O)C(=C2SC(=S)N(c3ccc(Br)cc3)C2=O)c2ccccc21. The van der Waals surface area contributed by atoms with Crippen LogP contribution in [0.4, 0.5) is 11.4 Å². The van der Waals surface area contributed by atoms with Gasteiger partial charge in [-0.3, -0.25) is 14.5 Å². The van der Waals surface area contributed by atoms with E-state index >= 15 is 0 Å². The number of amides is 2. The average Bonchev–Trinajstić information content (AvgIpc) is 3.16. The minimum Gasteiger partial charge on any atom is -0.308 e. The zero-order valence-corrected chi connectivity index (χ0v) is 19.1. The summed E-state index contributed by atoms with van der Waals surface area (Å²) in [6.07, 6.45) is 3.08. The van der Waals surface area contributed by atoms with Crippen LogP contribution in [0.15, 0.2) is 57.9 Å². The van der Waals surface area contributed by atoms with Gasteiger partial charge in [0.1, 0.15) is 0 Å². The number of thioether (sulfide) groups is 1. The van der Waals surface area contributed by atoms with Crippen LogP contribution in [0.1, 0.15) is 31.7 Å². The summed E-state index contributed by atoms with van der Waals surface area (Å²) in [5.41, 5.74) is 2.85. The number of unbranched alkanes of at least 4 members (excludes halogenated alkanes) is 2. The molecule has 0 N–H and O–H groups in total. The number of anilines is 2. The first-order valence-corrected chi connectivity index (χ1v) is 11.5. The van der Waals surface area contributed by atoms with Crippen LogP contribution < -0.4 is 9.80 Å². The number of carbonyl (C=O) groups is 2. The number of rotatable bonds is 5. The second kappa shape index (κ2) is 8.42. The van der Waals surface area contributed by atoms with Gasteiger partial charge in [0.15, 0.2) is 4.32 Å². The van der Waals surface area contributed by atoms with Gasteiger partial charge >= 0.3 is 0 Å². The van der Waals surface area contributed by atoms with E-state index < -0.39 is 0 Å². The third kappa shape index (κ3) is 3.67. The van der Waals surface area contributed by atoms with Crippen molar-refractivity contribution in [2.45, 2.75) is 26.2 Å². The quantitative estimate of drug-likeness (QED) is 0.306. The Kier molecular flexibility index (Phi) is 5.90. The summed E-state index contributed by atoms with van der Waals surface area (Å²) in [7, 11) is 0. The monoisotopic (exact) mass is 486 g/mol. The van der Waals surface area contributed by atoms with Crippen LogP contribution in [-0.2, 0) is 9.59 Å². The van der Waals surface area contributed by atoms with Gasteiger partial charge in [0.2, 0.25) is 0 Å². The van der Waals surface area contributed by atoms with Crippen LogP contribution in [0.25, 0.3) is 5.57 Å². The molecule has 0 aromatic heterocycles. The largest absolute Gasteiger partial charge is 0.308 e. The highest BCUT2D eigenvalue weighted by molar-refractivity contribution is 9.10. The van der Waals surface area contributed by atoms with Crippen molar-refractivity contribution in [3.8, 4) is 0 Å². The van der Waals surface area contributed by atoms with E-state index in [1.165, 1.54) is 16.7 Å². The van der Waals surface area contributed by atoms with E-state index in [4.69, 9.17) is 12.2 Å². The Hall–Kier alpha value is -1.96. The van der Waals surface area contributed by atoms with Crippen LogP contribution in [0.3, 0.4) is 0 Å². The van der Waals surface area contributed by atoms with Crippen molar-refractivity contribution in [3.05, 3.63) is 63.5 Å². The summed E-state index contributed by atoms with van der Waals surface area (Å²) < 4.78 is 1.36. The summed E-state index contributed by atoms with van der Waals surface area (Å²) >= 11 is 10.1. The molecule has 7 heteroatoms. The van der Waals surface area contributed by atoms with Crippen LogP contribution in [0, 0.1) is 0 Å². The molecule has 2 aliphatic rings. The van der Waals surface area contributed by atoms with Gasteiger partial charge in [0.05, 0.1) is 21.9 Å². The van der Waals surface area contributed by atoms with E-state index in [2.05, 4.69) is 22.9 Å². The number of nitrogens with zero attached hydrogens (tertiary/aromatic N) is 2. The number of carbonyl (C=O) groups excluding carboxylic acids is 2. The maximum atomic E-state index is 13.3. The molecular weight excluding hydrogens is 468 g/mol. The van der Waals surface area contributed by atoms with Crippen molar-refractivity contribution in [2.75, 3.05) is 16.3 Å². The predicted octanol–water partition coefficient (Wildman–Crippen LogP) is 5.76. The van der Waals surface area contributed by atoms with Gasteiger partial charge in [-0.1, -0.05) is 77.9 Å². The maximum Gasteiger partial charge on any atom is 0.271 e. The third-order valence-corrected chi connectivity index (χ3v) is 6.89. The standard InChI is InChI=1S/C22H19BrN2O2S2/c1-2-3-6-13-24-17-8-5-4-7-16(17)18(20(24)26)19-21(27)25(22(28)29-19)15-11-9-14(23)10-12-15/h4-5,7-12H,2-3,6,13H2,1H3. The second-order valence-corrected chi connectivity index (χ2v) is 9.43. The first kappa shape index (κ1) is 20.3. The van der Waals surface area contributed by atoms with Gasteiger partial charge in [-0.25, -0.2) is 0 Å². The fourth-order valence-corrected chi connectivity index (χ4v) is 5.21. The van der Waals surface area contributed by atoms with Crippen LogP contribution in [0.5, 0.6) is 0 Å². The minimum atomic E-state index is -0.240. The molecule has 0 atom stereocenters. The van der Waals surface area contributed by atoms with Gasteiger partial charge < -0.3 is 4.90 Å². The van der Waals surface area contributed by atoms with E-state index in [9.17, 15) is 9.59 Å². The maximum absolute atomic E-state index is 13.3. The first-order valence-electron chi connectivity index (χ1n) is 9.50. The lowest BCUT2D eigenvalue weighted by Gasteiger charge is -2.16. The normalized spacial score (nSPS) is 18.8. The molecule has 0 aliphatic carbocycles.